The predicted octanol–water partition coefficient (Wildman–Crippen LogP) is 3.30. The minimum Gasteiger partial charge on any atom is -0.493 e. The predicted molar refractivity (Wildman–Crippen MR) is 105 cm³/mol. The maximum absolute atomic E-state index is 12.3. The SMILES string of the molecule is COc1ccc(CCC(=O)Nc2ccc(CCC(=O)O)cc2)c(OC)c1OC. The summed E-state index contributed by atoms with van der Waals surface area (Å²) < 4.78 is 16.1. The minimum absolute atomic E-state index is 0.0822. The summed E-state index contributed by atoms with van der Waals surface area (Å²) in [6.45, 7) is 0. The average Bonchev–Trinajstić information content (AvgIpc) is 2.70. The number of aryl methyl sites for hydroxylation is 2. The van der Waals surface area contributed by atoms with Crippen molar-refractivity contribution in [1.82, 2.24) is 0 Å². The van der Waals surface area contributed by atoms with Crippen molar-refractivity contribution in [2.24, 2.45) is 0 Å². The van der Waals surface area contributed by atoms with Gasteiger partial charge in [0.25, 0.3) is 0 Å². The van der Waals surface area contributed by atoms with Gasteiger partial charge >= 0.3 is 5.97 Å². The van der Waals surface area contributed by atoms with Crippen molar-refractivity contribution in [2.45, 2.75) is 25.7 Å². The Hall–Kier alpha value is -3.22. The second-order valence-corrected chi connectivity index (χ2v) is 6.13. The van der Waals surface area contributed by atoms with Gasteiger partial charge in [-0.05, 0) is 42.2 Å². The molecule has 0 atom stereocenters. The highest BCUT2D eigenvalue weighted by molar-refractivity contribution is 5.90. The van der Waals surface area contributed by atoms with E-state index in [0.717, 1.165) is 11.1 Å². The van der Waals surface area contributed by atoms with Crippen LogP contribution in [-0.4, -0.2) is 38.3 Å². The molecule has 0 fully saturated rings. The van der Waals surface area contributed by atoms with E-state index in [9.17, 15) is 9.59 Å². The lowest BCUT2D eigenvalue weighted by Gasteiger charge is -2.15. The number of aliphatic carboxylic acids is 1. The zero-order valence-corrected chi connectivity index (χ0v) is 16.3. The number of carbonyl (C=O) groups is 2. The zero-order chi connectivity index (χ0) is 20.5. The van der Waals surface area contributed by atoms with E-state index in [4.69, 9.17) is 19.3 Å². The first-order valence-corrected chi connectivity index (χ1v) is 8.87. The lowest BCUT2D eigenvalue weighted by Crippen LogP contribution is -2.12. The van der Waals surface area contributed by atoms with E-state index in [1.807, 2.05) is 18.2 Å². The van der Waals surface area contributed by atoms with Gasteiger partial charge in [0, 0.05) is 18.5 Å². The smallest absolute Gasteiger partial charge is 0.303 e. The molecule has 2 aromatic rings. The summed E-state index contributed by atoms with van der Waals surface area (Å²) >= 11 is 0. The van der Waals surface area contributed by atoms with Gasteiger partial charge in [-0.2, -0.15) is 0 Å². The third kappa shape index (κ3) is 5.64. The quantitative estimate of drug-likeness (QED) is 0.650. The molecule has 7 nitrogen and oxygen atoms in total. The van der Waals surface area contributed by atoms with Crippen molar-refractivity contribution in [1.29, 1.82) is 0 Å². The number of hydrogen-bond donors (Lipinski definition) is 2. The number of carboxylic acid groups (broad SMARTS) is 1. The van der Waals surface area contributed by atoms with Crippen LogP contribution in [0.2, 0.25) is 0 Å². The first kappa shape index (κ1) is 21.1. The molecule has 0 heterocycles. The van der Waals surface area contributed by atoms with E-state index in [1.165, 1.54) is 7.11 Å². The van der Waals surface area contributed by atoms with Crippen molar-refractivity contribution >= 4 is 17.6 Å². The lowest BCUT2D eigenvalue weighted by atomic mass is 10.1. The van der Waals surface area contributed by atoms with Crippen LogP contribution >= 0.6 is 0 Å². The second-order valence-electron chi connectivity index (χ2n) is 6.13. The molecule has 0 aliphatic carbocycles. The topological polar surface area (TPSA) is 94.1 Å². The Bertz CT molecular complexity index is 816. The number of amides is 1. The first-order valence-electron chi connectivity index (χ1n) is 8.87. The molecule has 0 bridgehead atoms. The van der Waals surface area contributed by atoms with Gasteiger partial charge in [-0.1, -0.05) is 18.2 Å². The number of benzene rings is 2. The summed E-state index contributed by atoms with van der Waals surface area (Å²) in [5.41, 5.74) is 2.43. The number of anilines is 1. The van der Waals surface area contributed by atoms with Gasteiger partial charge in [0.1, 0.15) is 0 Å². The average molecular weight is 387 g/mol. The highest BCUT2D eigenvalue weighted by Crippen LogP contribution is 2.40. The van der Waals surface area contributed by atoms with Gasteiger partial charge in [-0.3, -0.25) is 9.59 Å². The molecule has 0 spiro atoms. The van der Waals surface area contributed by atoms with Gasteiger partial charge in [0.15, 0.2) is 11.5 Å². The van der Waals surface area contributed by atoms with Crippen LogP contribution in [-0.2, 0) is 22.4 Å². The maximum atomic E-state index is 12.3. The Morgan fingerprint density at radius 3 is 2.11 bits per heavy atom. The number of ether oxygens (including phenoxy) is 3. The van der Waals surface area contributed by atoms with Crippen molar-refractivity contribution in [3.8, 4) is 17.2 Å². The molecule has 28 heavy (non-hydrogen) atoms. The Morgan fingerprint density at radius 1 is 0.857 bits per heavy atom. The fourth-order valence-electron chi connectivity index (χ4n) is 2.84. The summed E-state index contributed by atoms with van der Waals surface area (Å²) in [6, 6.07) is 10.8. The number of methoxy groups -OCH3 is 3. The van der Waals surface area contributed by atoms with Crippen LogP contribution in [0.1, 0.15) is 24.0 Å². The lowest BCUT2D eigenvalue weighted by molar-refractivity contribution is -0.137. The summed E-state index contributed by atoms with van der Waals surface area (Å²) in [5.74, 6) is 0.658. The normalized spacial score (nSPS) is 10.2. The van der Waals surface area contributed by atoms with Gasteiger partial charge in [-0.15, -0.1) is 0 Å². The molecule has 0 radical (unpaired) electrons. The molecule has 0 saturated carbocycles. The van der Waals surface area contributed by atoms with Crippen LogP contribution in [0.25, 0.3) is 0 Å². The van der Waals surface area contributed by atoms with Crippen LogP contribution < -0.4 is 19.5 Å². The third-order valence-corrected chi connectivity index (χ3v) is 4.27. The largest absolute Gasteiger partial charge is 0.493 e. The van der Waals surface area contributed by atoms with Crippen LogP contribution in [0.3, 0.4) is 0 Å². The third-order valence-electron chi connectivity index (χ3n) is 4.27. The molecule has 0 aromatic heterocycles. The van der Waals surface area contributed by atoms with Crippen molar-refractivity contribution in [3.05, 3.63) is 47.5 Å². The van der Waals surface area contributed by atoms with Gasteiger partial charge < -0.3 is 24.6 Å². The van der Waals surface area contributed by atoms with Crippen LogP contribution in [0.15, 0.2) is 36.4 Å². The Kier molecular flexibility index (Phi) is 7.68. The number of hydrogen-bond acceptors (Lipinski definition) is 5. The number of nitrogens with one attached hydrogen (secondary N) is 1. The van der Waals surface area contributed by atoms with Crippen LogP contribution in [0.4, 0.5) is 5.69 Å². The Balaban J connectivity index is 1.96. The fraction of sp³-hybridized carbons (Fsp3) is 0.333. The van der Waals surface area contributed by atoms with Gasteiger partial charge in [0.05, 0.1) is 21.3 Å². The summed E-state index contributed by atoms with van der Waals surface area (Å²) in [4.78, 5) is 22.9. The zero-order valence-electron chi connectivity index (χ0n) is 16.3. The van der Waals surface area contributed by atoms with Crippen molar-refractivity contribution < 1.29 is 28.9 Å². The molecule has 2 N–H and O–H groups in total. The van der Waals surface area contributed by atoms with Crippen LogP contribution in [0, 0.1) is 0 Å². The molecule has 0 saturated heterocycles. The van der Waals surface area contributed by atoms with E-state index in [1.54, 1.807) is 32.4 Å². The van der Waals surface area contributed by atoms with E-state index < -0.39 is 5.97 Å². The van der Waals surface area contributed by atoms with E-state index in [2.05, 4.69) is 5.32 Å². The molecule has 0 aliphatic rings. The molecule has 1 amide bonds. The van der Waals surface area contributed by atoms with Crippen molar-refractivity contribution in [2.75, 3.05) is 26.6 Å². The summed E-state index contributed by atoms with van der Waals surface area (Å²) in [7, 11) is 4.64. The van der Waals surface area contributed by atoms with Gasteiger partial charge in [0.2, 0.25) is 11.7 Å². The Labute approximate surface area is 164 Å². The minimum atomic E-state index is -0.831. The number of carboxylic acids is 1. The summed E-state index contributed by atoms with van der Waals surface area (Å²) in [6.07, 6.45) is 1.29. The highest BCUT2D eigenvalue weighted by Gasteiger charge is 2.16. The number of carbonyl (C=O) groups excluding carboxylic acids is 1. The molecule has 0 aliphatic heterocycles. The molecule has 150 valence electrons. The molecule has 2 aromatic carbocycles. The van der Waals surface area contributed by atoms with E-state index >= 15 is 0 Å². The second kappa shape index (κ2) is 10.2. The fourth-order valence-corrected chi connectivity index (χ4v) is 2.84. The molecular weight excluding hydrogens is 362 g/mol. The van der Waals surface area contributed by atoms with Crippen LogP contribution in [0.5, 0.6) is 17.2 Å². The van der Waals surface area contributed by atoms with Gasteiger partial charge in [-0.25, -0.2) is 0 Å². The van der Waals surface area contributed by atoms with E-state index in [-0.39, 0.29) is 18.7 Å². The molecule has 2 rings (SSSR count). The number of rotatable bonds is 10. The molecule has 0 unspecified atom stereocenters. The van der Waals surface area contributed by atoms with E-state index in [0.29, 0.717) is 35.8 Å². The Morgan fingerprint density at radius 2 is 1.54 bits per heavy atom. The highest BCUT2D eigenvalue weighted by atomic mass is 16.5. The molecule has 7 heteroatoms. The maximum Gasteiger partial charge on any atom is 0.303 e. The van der Waals surface area contributed by atoms with Crippen molar-refractivity contribution in [3.63, 3.8) is 0 Å². The first-order chi connectivity index (χ1) is 13.5. The molecular formula is C21H25NO6. The monoisotopic (exact) mass is 387 g/mol. The summed E-state index contributed by atoms with van der Waals surface area (Å²) in [5, 5.41) is 11.6. The standard InChI is InChI=1S/C21H25NO6/c1-26-17-11-7-15(20(27-2)21(17)28-3)8-12-18(23)22-16-9-4-14(5-10-16)6-13-19(24)25/h4-5,7,9-11H,6,8,12-13H2,1-3H3,(H,22,23)(H,24,25).